The number of amides is 1. The van der Waals surface area contributed by atoms with Crippen LogP contribution in [0.2, 0.25) is 5.02 Å². The minimum absolute atomic E-state index is 0.0188. The molecular weight excluding hydrogens is 328 g/mol. The number of hydrogen-bond donors (Lipinski definition) is 0. The summed E-state index contributed by atoms with van der Waals surface area (Å²) in [4.78, 5) is 28.1. The van der Waals surface area contributed by atoms with Gasteiger partial charge in [-0.25, -0.2) is 0 Å². The quantitative estimate of drug-likeness (QED) is 0.830. The number of nitrogens with zero attached hydrogens (tertiary/aromatic N) is 2. The molecule has 0 radical (unpaired) electrons. The molecule has 2 aliphatic rings. The second-order valence-corrected chi connectivity index (χ2v) is 7.05. The van der Waals surface area contributed by atoms with Gasteiger partial charge in [-0.15, -0.1) is 0 Å². The molecule has 0 N–H and O–H groups in total. The number of carbonyl (C=O) groups is 2. The molecule has 2 atom stereocenters. The number of benzene rings is 1. The molecule has 6 heteroatoms. The van der Waals surface area contributed by atoms with Crippen LogP contribution in [0.15, 0.2) is 24.3 Å². The lowest BCUT2D eigenvalue weighted by atomic mass is 9.78. The van der Waals surface area contributed by atoms with E-state index >= 15 is 0 Å². The monoisotopic (exact) mass is 349 g/mol. The van der Waals surface area contributed by atoms with E-state index in [9.17, 15) is 14.7 Å². The maximum Gasteiger partial charge on any atom is 0.226 e. The van der Waals surface area contributed by atoms with Gasteiger partial charge in [-0.05, 0) is 31.0 Å². The van der Waals surface area contributed by atoms with Crippen LogP contribution in [0, 0.1) is 11.8 Å². The molecule has 1 saturated carbocycles. The number of anilines is 1. The van der Waals surface area contributed by atoms with Crippen LogP contribution in [0.25, 0.3) is 0 Å². The van der Waals surface area contributed by atoms with Gasteiger partial charge in [0.2, 0.25) is 5.91 Å². The van der Waals surface area contributed by atoms with Gasteiger partial charge < -0.3 is 19.7 Å². The van der Waals surface area contributed by atoms with Crippen molar-refractivity contribution >= 4 is 29.2 Å². The van der Waals surface area contributed by atoms with Gasteiger partial charge >= 0.3 is 0 Å². The standard InChI is InChI=1S/C18H23ClN2O3/c19-13-4-3-5-14(12-13)20-8-10-21(11-9-20)17(22)15-6-1-2-7-16(15)18(23)24/h3-5,12,15-16H,1-2,6-11H2,(H,23,24)/p-1/t15-,16+/m0/s1. The fourth-order valence-electron chi connectivity index (χ4n) is 3.80. The fraction of sp³-hybridized carbons (Fsp3) is 0.556. The van der Waals surface area contributed by atoms with Crippen molar-refractivity contribution in [1.29, 1.82) is 0 Å². The lowest BCUT2D eigenvalue weighted by Crippen LogP contribution is -2.53. The second kappa shape index (κ2) is 7.43. The highest BCUT2D eigenvalue weighted by atomic mass is 35.5. The topological polar surface area (TPSA) is 63.7 Å². The van der Waals surface area contributed by atoms with Crippen molar-refractivity contribution in [2.75, 3.05) is 31.1 Å². The van der Waals surface area contributed by atoms with Crippen LogP contribution >= 0.6 is 11.6 Å². The number of aliphatic carboxylic acids is 1. The number of hydrogen-bond acceptors (Lipinski definition) is 4. The molecule has 1 aliphatic carbocycles. The summed E-state index contributed by atoms with van der Waals surface area (Å²) in [5, 5.41) is 12.0. The van der Waals surface area contributed by atoms with Gasteiger partial charge in [0, 0.05) is 54.7 Å². The van der Waals surface area contributed by atoms with Crippen molar-refractivity contribution < 1.29 is 14.7 Å². The van der Waals surface area contributed by atoms with Crippen LogP contribution < -0.4 is 10.0 Å². The molecule has 1 heterocycles. The molecule has 0 bridgehead atoms. The number of rotatable bonds is 3. The smallest absolute Gasteiger partial charge is 0.226 e. The molecule has 5 nitrogen and oxygen atoms in total. The highest BCUT2D eigenvalue weighted by Crippen LogP contribution is 2.31. The molecule has 130 valence electrons. The third-order valence-corrected chi connectivity index (χ3v) is 5.39. The van der Waals surface area contributed by atoms with Gasteiger partial charge in [0.05, 0.1) is 0 Å². The van der Waals surface area contributed by atoms with E-state index in [-0.39, 0.29) is 5.91 Å². The molecular formula is C18H22ClN2O3-. The van der Waals surface area contributed by atoms with Gasteiger partial charge in [0.1, 0.15) is 0 Å². The Morgan fingerprint density at radius 1 is 1.04 bits per heavy atom. The van der Waals surface area contributed by atoms with E-state index in [1.807, 2.05) is 29.2 Å². The molecule has 1 aromatic rings. The van der Waals surface area contributed by atoms with Crippen LogP contribution in [0.1, 0.15) is 25.7 Å². The number of carboxylic acids is 1. The molecule has 0 unspecified atom stereocenters. The van der Waals surface area contributed by atoms with E-state index < -0.39 is 17.8 Å². The molecule has 1 aromatic carbocycles. The third kappa shape index (κ3) is 3.66. The number of carboxylic acid groups (broad SMARTS) is 1. The summed E-state index contributed by atoms with van der Waals surface area (Å²) in [6, 6.07) is 7.69. The molecule has 2 fully saturated rings. The van der Waals surface area contributed by atoms with Gasteiger partial charge in [-0.3, -0.25) is 4.79 Å². The third-order valence-electron chi connectivity index (χ3n) is 5.15. The largest absolute Gasteiger partial charge is 0.550 e. The Bertz CT molecular complexity index is 614. The fourth-order valence-corrected chi connectivity index (χ4v) is 3.99. The Balaban J connectivity index is 1.61. The first-order valence-corrected chi connectivity index (χ1v) is 8.94. The van der Waals surface area contributed by atoms with Crippen LogP contribution in [-0.2, 0) is 9.59 Å². The van der Waals surface area contributed by atoms with E-state index in [1.54, 1.807) is 0 Å². The summed E-state index contributed by atoms with van der Waals surface area (Å²) < 4.78 is 0. The van der Waals surface area contributed by atoms with Crippen molar-refractivity contribution in [2.24, 2.45) is 11.8 Å². The van der Waals surface area contributed by atoms with Crippen molar-refractivity contribution in [3.05, 3.63) is 29.3 Å². The van der Waals surface area contributed by atoms with Crippen LogP contribution in [0.5, 0.6) is 0 Å². The Kier molecular flexibility index (Phi) is 5.29. The van der Waals surface area contributed by atoms with Gasteiger partial charge in [-0.1, -0.05) is 30.5 Å². The van der Waals surface area contributed by atoms with Gasteiger partial charge in [0.25, 0.3) is 0 Å². The number of halogens is 1. The van der Waals surface area contributed by atoms with Crippen LogP contribution in [0.4, 0.5) is 5.69 Å². The zero-order valence-corrected chi connectivity index (χ0v) is 14.4. The summed E-state index contributed by atoms with van der Waals surface area (Å²) in [5.74, 6) is -2.14. The average molecular weight is 350 g/mol. The van der Waals surface area contributed by atoms with E-state index in [0.717, 1.165) is 31.6 Å². The van der Waals surface area contributed by atoms with Crippen molar-refractivity contribution in [2.45, 2.75) is 25.7 Å². The minimum Gasteiger partial charge on any atom is -0.550 e. The first-order valence-electron chi connectivity index (χ1n) is 8.56. The highest BCUT2D eigenvalue weighted by Gasteiger charge is 2.35. The minimum atomic E-state index is -1.08. The zero-order valence-electron chi connectivity index (χ0n) is 13.6. The Labute approximate surface area is 147 Å². The lowest BCUT2D eigenvalue weighted by Gasteiger charge is -2.40. The maximum absolute atomic E-state index is 12.8. The Hall–Kier alpha value is -1.75. The predicted molar refractivity (Wildman–Crippen MR) is 90.7 cm³/mol. The van der Waals surface area contributed by atoms with E-state index in [1.165, 1.54) is 0 Å². The average Bonchev–Trinajstić information content (AvgIpc) is 2.61. The first-order chi connectivity index (χ1) is 11.6. The van der Waals surface area contributed by atoms with E-state index in [2.05, 4.69) is 4.90 Å². The van der Waals surface area contributed by atoms with Crippen molar-refractivity contribution in [3.8, 4) is 0 Å². The Morgan fingerprint density at radius 3 is 2.33 bits per heavy atom. The summed E-state index contributed by atoms with van der Waals surface area (Å²) in [7, 11) is 0. The SMILES string of the molecule is O=C([O-])[C@@H]1CCCC[C@@H]1C(=O)N1CCN(c2cccc(Cl)c2)CC1. The number of carbonyl (C=O) groups excluding carboxylic acids is 2. The summed E-state index contributed by atoms with van der Waals surface area (Å²) in [6.07, 6.45) is 3.00. The number of piperazine rings is 1. The van der Waals surface area contributed by atoms with E-state index in [0.29, 0.717) is 31.0 Å². The van der Waals surface area contributed by atoms with Gasteiger partial charge in [0.15, 0.2) is 0 Å². The molecule has 1 saturated heterocycles. The predicted octanol–water partition coefficient (Wildman–Crippen LogP) is 1.54. The van der Waals surface area contributed by atoms with Crippen LogP contribution in [-0.4, -0.2) is 43.0 Å². The molecule has 1 aliphatic heterocycles. The van der Waals surface area contributed by atoms with E-state index in [4.69, 9.17) is 11.6 Å². The van der Waals surface area contributed by atoms with Crippen molar-refractivity contribution in [3.63, 3.8) is 0 Å². The summed E-state index contributed by atoms with van der Waals surface area (Å²) in [6.45, 7) is 2.69. The maximum atomic E-state index is 12.8. The van der Waals surface area contributed by atoms with Crippen molar-refractivity contribution in [1.82, 2.24) is 4.90 Å². The Morgan fingerprint density at radius 2 is 1.71 bits per heavy atom. The lowest BCUT2D eigenvalue weighted by molar-refractivity contribution is -0.314. The first kappa shape index (κ1) is 17.1. The summed E-state index contributed by atoms with van der Waals surface area (Å²) in [5.41, 5.74) is 1.06. The van der Waals surface area contributed by atoms with Gasteiger partial charge in [-0.2, -0.15) is 0 Å². The van der Waals surface area contributed by atoms with Crippen LogP contribution in [0.3, 0.4) is 0 Å². The molecule has 0 spiro atoms. The normalized spacial score (nSPS) is 24.7. The molecule has 1 amide bonds. The molecule has 0 aromatic heterocycles. The second-order valence-electron chi connectivity index (χ2n) is 6.61. The molecule has 24 heavy (non-hydrogen) atoms. The highest BCUT2D eigenvalue weighted by molar-refractivity contribution is 6.30. The zero-order chi connectivity index (χ0) is 17.1. The summed E-state index contributed by atoms with van der Waals surface area (Å²) >= 11 is 6.04. The molecule has 3 rings (SSSR count).